The number of aliphatic hydroxyl groups is 3. The van der Waals surface area contributed by atoms with E-state index in [1.165, 1.54) is 24.9 Å². The minimum Gasteiger partial charge on any atom is -0.496 e. The van der Waals surface area contributed by atoms with Crippen molar-refractivity contribution in [2.24, 2.45) is 0 Å². The molecule has 258 valence electrons. The van der Waals surface area contributed by atoms with Crippen molar-refractivity contribution >= 4 is 21.9 Å². The van der Waals surface area contributed by atoms with Gasteiger partial charge in [0.2, 0.25) is 0 Å². The molecule has 0 heterocycles. The molecule has 4 aromatic carbocycles. The predicted octanol–water partition coefficient (Wildman–Crippen LogP) is 8.39. The van der Waals surface area contributed by atoms with Crippen LogP contribution in [0.4, 0.5) is 0 Å². The molecule has 0 saturated carbocycles. The van der Waals surface area contributed by atoms with Crippen LogP contribution in [0.2, 0.25) is 0 Å². The summed E-state index contributed by atoms with van der Waals surface area (Å²) in [5, 5.41) is 31.7. The van der Waals surface area contributed by atoms with E-state index in [9.17, 15) is 23.2 Å². The van der Waals surface area contributed by atoms with E-state index in [2.05, 4.69) is 6.92 Å². The first kappa shape index (κ1) is 37.4. The minimum absolute atomic E-state index is 0.194. The van der Waals surface area contributed by atoms with Crippen LogP contribution < -0.4 is 9.47 Å². The van der Waals surface area contributed by atoms with Gasteiger partial charge in [-0.2, -0.15) is 8.42 Å². The van der Waals surface area contributed by atoms with Crippen LogP contribution in [0.1, 0.15) is 87.2 Å². The molecule has 0 aliphatic heterocycles. The quantitative estimate of drug-likeness (QED) is 0.0564. The third-order valence-electron chi connectivity index (χ3n) is 8.17. The monoisotopic (exact) mass is 694 g/mol. The third kappa shape index (κ3) is 10.3. The summed E-state index contributed by atoms with van der Waals surface area (Å²) in [6.45, 7) is 2.91. The van der Waals surface area contributed by atoms with Crippen LogP contribution in [-0.4, -0.2) is 48.6 Å². The van der Waals surface area contributed by atoms with Gasteiger partial charge in [0.15, 0.2) is 0 Å². The van der Waals surface area contributed by atoms with E-state index >= 15 is 0 Å². The second kappa shape index (κ2) is 18.4. The molecule has 4 aromatic rings. The summed E-state index contributed by atoms with van der Waals surface area (Å²) in [4.78, 5) is 0.898. The van der Waals surface area contributed by atoms with Crippen molar-refractivity contribution in [1.82, 2.24) is 0 Å². The number of ether oxygens (including phenoxy) is 2. The second-order valence-corrected chi connectivity index (χ2v) is 14.2. The van der Waals surface area contributed by atoms with Gasteiger partial charge in [-0.05, 0) is 90.0 Å². The van der Waals surface area contributed by atoms with Crippen molar-refractivity contribution in [2.75, 3.05) is 20.3 Å². The van der Waals surface area contributed by atoms with Gasteiger partial charge in [-0.1, -0.05) is 87.2 Å². The Hall–Kier alpha value is -3.38. The highest BCUT2D eigenvalue weighted by molar-refractivity contribution is 8.00. The molecule has 0 bridgehead atoms. The Balaban J connectivity index is 1.60. The molecule has 2 unspecified atom stereocenters. The molecule has 48 heavy (non-hydrogen) atoms. The van der Waals surface area contributed by atoms with Crippen LogP contribution in [0.15, 0.2) is 99.6 Å². The summed E-state index contributed by atoms with van der Waals surface area (Å²) in [5.41, 5.74) is 2.71. The molecule has 0 aliphatic rings. The largest absolute Gasteiger partial charge is 0.496 e. The maximum atomic E-state index is 12.6. The fourth-order valence-corrected chi connectivity index (χ4v) is 7.37. The molecule has 8 nitrogen and oxygen atoms in total. The number of rotatable bonds is 19. The van der Waals surface area contributed by atoms with E-state index < -0.39 is 22.3 Å². The van der Waals surface area contributed by atoms with Crippen molar-refractivity contribution in [2.45, 2.75) is 85.2 Å². The Kier molecular flexibility index (Phi) is 14.4. The SMILES string of the molecule is CCCCOc1ccc(Sc2ccc(-c3ccccc3C(O)c3cc(C(O)CCCCCCCO)ccc3OC)cc2S(=O)(=O)O)cc1. The lowest BCUT2D eigenvalue weighted by Crippen LogP contribution is -2.07. The van der Waals surface area contributed by atoms with E-state index in [1.807, 2.05) is 24.3 Å². The van der Waals surface area contributed by atoms with Crippen LogP contribution in [-0.2, 0) is 10.1 Å². The lowest BCUT2D eigenvalue weighted by atomic mass is 9.90. The zero-order chi connectivity index (χ0) is 34.5. The van der Waals surface area contributed by atoms with Gasteiger partial charge in [0, 0.05) is 22.0 Å². The number of benzene rings is 4. The molecule has 0 amide bonds. The second-order valence-electron chi connectivity index (χ2n) is 11.7. The van der Waals surface area contributed by atoms with Crippen LogP contribution >= 0.6 is 11.8 Å². The first-order chi connectivity index (χ1) is 23.2. The van der Waals surface area contributed by atoms with Crippen LogP contribution in [0.25, 0.3) is 11.1 Å². The lowest BCUT2D eigenvalue weighted by Gasteiger charge is -2.21. The molecular weight excluding hydrogens is 649 g/mol. The highest BCUT2D eigenvalue weighted by Gasteiger charge is 2.23. The topological polar surface area (TPSA) is 134 Å². The van der Waals surface area contributed by atoms with Gasteiger partial charge >= 0.3 is 0 Å². The lowest BCUT2D eigenvalue weighted by molar-refractivity contribution is 0.162. The summed E-state index contributed by atoms with van der Waals surface area (Å²) < 4.78 is 46.8. The molecule has 0 saturated heterocycles. The minimum atomic E-state index is -4.60. The Morgan fingerprint density at radius 3 is 2.25 bits per heavy atom. The van der Waals surface area contributed by atoms with Crippen LogP contribution in [0.3, 0.4) is 0 Å². The van der Waals surface area contributed by atoms with Crippen molar-refractivity contribution in [1.29, 1.82) is 0 Å². The predicted molar refractivity (Wildman–Crippen MR) is 189 cm³/mol. The highest BCUT2D eigenvalue weighted by atomic mass is 32.2. The van der Waals surface area contributed by atoms with Gasteiger partial charge in [0.05, 0.1) is 19.8 Å². The average molecular weight is 695 g/mol. The smallest absolute Gasteiger partial charge is 0.295 e. The molecule has 2 atom stereocenters. The fraction of sp³-hybridized carbons (Fsp3) is 0.368. The molecule has 0 spiro atoms. The molecule has 10 heteroatoms. The van der Waals surface area contributed by atoms with Crippen molar-refractivity contribution in [3.8, 4) is 22.6 Å². The van der Waals surface area contributed by atoms with Crippen molar-refractivity contribution < 1.29 is 37.8 Å². The van der Waals surface area contributed by atoms with Crippen LogP contribution in [0.5, 0.6) is 11.5 Å². The zero-order valence-corrected chi connectivity index (χ0v) is 29.2. The summed E-state index contributed by atoms with van der Waals surface area (Å²) in [6, 6.07) is 24.6. The third-order valence-corrected chi connectivity index (χ3v) is 10.3. The van der Waals surface area contributed by atoms with Crippen LogP contribution in [0, 0.1) is 0 Å². The normalized spacial score (nSPS) is 12.9. The Labute approximate surface area is 288 Å². The molecule has 4 N–H and O–H groups in total. The van der Waals surface area contributed by atoms with E-state index in [0.29, 0.717) is 51.5 Å². The summed E-state index contributed by atoms with van der Waals surface area (Å²) in [7, 11) is -3.08. The number of hydrogen-bond donors (Lipinski definition) is 4. The summed E-state index contributed by atoms with van der Waals surface area (Å²) >= 11 is 1.21. The van der Waals surface area contributed by atoms with Gasteiger partial charge in [-0.15, -0.1) is 0 Å². The summed E-state index contributed by atoms with van der Waals surface area (Å²) in [5.74, 6) is 1.18. The Morgan fingerprint density at radius 1 is 0.812 bits per heavy atom. The number of methoxy groups -OCH3 is 1. The fourth-order valence-electron chi connectivity index (χ4n) is 5.51. The van der Waals surface area contributed by atoms with E-state index in [4.69, 9.17) is 14.6 Å². The molecule has 0 aliphatic carbocycles. The molecule has 0 radical (unpaired) electrons. The average Bonchev–Trinajstić information content (AvgIpc) is 3.09. The van der Waals surface area contributed by atoms with E-state index in [1.54, 1.807) is 54.6 Å². The first-order valence-corrected chi connectivity index (χ1v) is 18.7. The van der Waals surface area contributed by atoms with Gasteiger partial charge in [-0.25, -0.2) is 0 Å². The van der Waals surface area contributed by atoms with Gasteiger partial charge < -0.3 is 24.8 Å². The van der Waals surface area contributed by atoms with E-state index in [0.717, 1.165) is 55.6 Å². The van der Waals surface area contributed by atoms with E-state index in [-0.39, 0.29) is 11.5 Å². The van der Waals surface area contributed by atoms with Gasteiger partial charge in [0.25, 0.3) is 10.1 Å². The number of unbranched alkanes of at least 4 members (excludes halogenated alkanes) is 5. The van der Waals surface area contributed by atoms with Crippen molar-refractivity contribution in [3.05, 3.63) is 102 Å². The molecule has 0 fully saturated rings. The van der Waals surface area contributed by atoms with Gasteiger partial charge in [-0.3, -0.25) is 4.55 Å². The number of aliphatic hydroxyl groups excluding tert-OH is 3. The Morgan fingerprint density at radius 2 is 1.54 bits per heavy atom. The summed E-state index contributed by atoms with van der Waals surface area (Å²) in [6.07, 6.45) is 5.21. The standard InChI is InChI=1S/C38H46O8S2/c1-3-4-24-46-29-17-19-30(20-18-29)47-36-22-16-27(26-37(36)48(42,43)44)31-12-9-10-13-32(31)38(41)33-25-28(15-21-35(33)45-2)34(40)14-8-6-5-7-11-23-39/h9-10,12-13,15-22,25-26,34,38-41H,3-8,11,14,23-24H2,1-2H3,(H,42,43,44). The zero-order valence-electron chi connectivity index (χ0n) is 27.5. The maximum Gasteiger partial charge on any atom is 0.295 e. The molecule has 0 aromatic heterocycles. The first-order valence-electron chi connectivity index (χ1n) is 16.4. The number of hydrogen-bond acceptors (Lipinski definition) is 8. The Bertz CT molecular complexity index is 1710. The molecular formula is C38H46O8S2. The maximum absolute atomic E-state index is 12.6. The highest BCUT2D eigenvalue weighted by Crippen LogP contribution is 2.40. The molecule has 4 rings (SSSR count). The van der Waals surface area contributed by atoms with Crippen molar-refractivity contribution in [3.63, 3.8) is 0 Å². The van der Waals surface area contributed by atoms with Gasteiger partial charge in [0.1, 0.15) is 22.5 Å².